The molecule has 25 heavy (non-hydrogen) atoms. The number of rotatable bonds is 7. The number of thioether (sulfide) groups is 1. The quantitative estimate of drug-likeness (QED) is 0.717. The van der Waals surface area contributed by atoms with Gasteiger partial charge < -0.3 is 10.6 Å². The largest absolute Gasteiger partial charge is 0.337 e. The van der Waals surface area contributed by atoms with E-state index in [1.165, 1.54) is 23.1 Å². The van der Waals surface area contributed by atoms with E-state index in [1.807, 2.05) is 45.0 Å². The number of carbonyl (C=O) groups excluding carboxylic acids is 1. The Morgan fingerprint density at radius 3 is 2.76 bits per heavy atom. The third-order valence-corrected chi connectivity index (χ3v) is 5.88. The van der Waals surface area contributed by atoms with Crippen molar-refractivity contribution in [3.63, 3.8) is 0 Å². The lowest BCUT2D eigenvalue weighted by Gasteiger charge is -2.27. The van der Waals surface area contributed by atoms with Crippen molar-refractivity contribution in [3.8, 4) is 6.07 Å². The maximum atomic E-state index is 12.1. The Hall–Kier alpha value is -2.11. The normalized spacial score (nSPS) is 13.1. The second kappa shape index (κ2) is 8.32. The Bertz CT molecular complexity index is 783. The molecule has 0 unspecified atom stereocenters. The maximum absolute atomic E-state index is 12.1. The Morgan fingerprint density at radius 1 is 1.40 bits per heavy atom. The summed E-state index contributed by atoms with van der Waals surface area (Å²) in [4.78, 5) is 12.1. The zero-order valence-electron chi connectivity index (χ0n) is 14.7. The van der Waals surface area contributed by atoms with Crippen LogP contribution < -0.4 is 10.6 Å². The topological polar surface area (TPSA) is 90.7 Å². The number of benzene rings is 1. The number of anilines is 2. The highest BCUT2D eigenvalue weighted by atomic mass is 32.2. The Labute approximate surface area is 156 Å². The smallest absolute Gasteiger partial charge is 0.231 e. The van der Waals surface area contributed by atoms with Crippen molar-refractivity contribution in [2.24, 2.45) is 5.92 Å². The molecule has 2 aromatic rings. The molecule has 0 radical (unpaired) electrons. The van der Waals surface area contributed by atoms with Crippen LogP contribution in [0.4, 0.5) is 10.8 Å². The van der Waals surface area contributed by atoms with E-state index in [4.69, 9.17) is 0 Å². The molecule has 8 heteroatoms. The van der Waals surface area contributed by atoms with Gasteiger partial charge in [-0.1, -0.05) is 55.1 Å². The first-order valence-corrected chi connectivity index (χ1v) is 9.65. The highest BCUT2D eigenvalue weighted by molar-refractivity contribution is 8.01. The third kappa shape index (κ3) is 5.18. The van der Waals surface area contributed by atoms with Gasteiger partial charge in [0.05, 0.1) is 11.8 Å². The molecular weight excluding hydrogens is 354 g/mol. The fourth-order valence-corrected chi connectivity index (χ4v) is 3.47. The van der Waals surface area contributed by atoms with E-state index in [0.717, 1.165) is 11.3 Å². The van der Waals surface area contributed by atoms with Gasteiger partial charge in [0.15, 0.2) is 4.34 Å². The summed E-state index contributed by atoms with van der Waals surface area (Å²) >= 11 is 2.70. The number of carbonyl (C=O) groups is 1. The van der Waals surface area contributed by atoms with Crippen molar-refractivity contribution in [2.75, 3.05) is 11.1 Å². The van der Waals surface area contributed by atoms with Gasteiger partial charge in [-0.3, -0.25) is 4.79 Å². The second-order valence-corrected chi connectivity index (χ2v) is 8.32. The lowest BCUT2D eigenvalue weighted by atomic mass is 9.90. The van der Waals surface area contributed by atoms with Gasteiger partial charge in [0.1, 0.15) is 5.54 Å². The SMILES string of the molecule is Cc1ccccc1Nc1nnc(SCC(=O)N[C@@](C)(C#N)C(C)C)s1. The molecule has 0 saturated carbocycles. The van der Waals surface area contributed by atoms with Crippen LogP contribution >= 0.6 is 23.1 Å². The molecule has 1 atom stereocenters. The van der Waals surface area contributed by atoms with Gasteiger partial charge in [0, 0.05) is 5.69 Å². The number of aromatic nitrogens is 2. The molecule has 0 bridgehead atoms. The summed E-state index contributed by atoms with van der Waals surface area (Å²) in [6.07, 6.45) is 0. The molecule has 1 amide bonds. The van der Waals surface area contributed by atoms with E-state index in [1.54, 1.807) is 6.92 Å². The van der Waals surface area contributed by atoms with Crippen LogP contribution in [-0.4, -0.2) is 27.4 Å². The van der Waals surface area contributed by atoms with Gasteiger partial charge in [-0.25, -0.2) is 0 Å². The summed E-state index contributed by atoms with van der Waals surface area (Å²) < 4.78 is 0.703. The van der Waals surface area contributed by atoms with Crippen LogP contribution in [0.1, 0.15) is 26.3 Å². The van der Waals surface area contributed by atoms with Crippen LogP contribution in [-0.2, 0) is 4.79 Å². The average Bonchev–Trinajstić information content (AvgIpc) is 3.02. The van der Waals surface area contributed by atoms with E-state index >= 15 is 0 Å². The number of amides is 1. The number of para-hydroxylation sites is 1. The summed E-state index contributed by atoms with van der Waals surface area (Å²) in [5.74, 6) is 0.0347. The molecule has 6 nitrogen and oxygen atoms in total. The van der Waals surface area contributed by atoms with Crippen molar-refractivity contribution in [3.05, 3.63) is 29.8 Å². The molecule has 1 heterocycles. The van der Waals surface area contributed by atoms with E-state index in [0.29, 0.717) is 9.47 Å². The first-order valence-electron chi connectivity index (χ1n) is 7.85. The van der Waals surface area contributed by atoms with Crippen LogP contribution in [0.15, 0.2) is 28.6 Å². The minimum absolute atomic E-state index is 0.0258. The van der Waals surface area contributed by atoms with Crippen molar-refractivity contribution < 1.29 is 4.79 Å². The molecule has 0 saturated heterocycles. The van der Waals surface area contributed by atoms with Gasteiger partial charge in [0.2, 0.25) is 11.0 Å². The van der Waals surface area contributed by atoms with E-state index < -0.39 is 5.54 Å². The molecule has 2 rings (SSSR count). The van der Waals surface area contributed by atoms with Gasteiger partial charge in [-0.15, -0.1) is 10.2 Å². The monoisotopic (exact) mass is 375 g/mol. The van der Waals surface area contributed by atoms with Gasteiger partial charge in [-0.05, 0) is 31.4 Å². The number of hydrogen-bond donors (Lipinski definition) is 2. The number of nitrogens with one attached hydrogen (secondary N) is 2. The zero-order valence-corrected chi connectivity index (χ0v) is 16.3. The minimum Gasteiger partial charge on any atom is -0.337 e. The number of nitrogens with zero attached hydrogens (tertiary/aromatic N) is 3. The standard InChI is InChI=1S/C17H21N5OS2/c1-11(2)17(4,10-18)20-14(23)9-24-16-22-21-15(25-16)19-13-8-6-5-7-12(13)3/h5-8,11H,9H2,1-4H3,(H,19,21)(H,20,23)/t17-/m0/s1. The van der Waals surface area contributed by atoms with Crippen molar-refractivity contribution in [2.45, 2.75) is 37.6 Å². The summed E-state index contributed by atoms with van der Waals surface area (Å²) in [7, 11) is 0. The predicted octanol–water partition coefficient (Wildman–Crippen LogP) is 3.74. The molecule has 1 aromatic heterocycles. The Balaban J connectivity index is 1.90. The first-order chi connectivity index (χ1) is 11.8. The molecule has 2 N–H and O–H groups in total. The molecule has 0 aliphatic rings. The fourth-order valence-electron chi connectivity index (χ4n) is 1.90. The van der Waals surface area contributed by atoms with E-state index in [2.05, 4.69) is 26.9 Å². The highest BCUT2D eigenvalue weighted by Crippen LogP contribution is 2.28. The lowest BCUT2D eigenvalue weighted by molar-refractivity contribution is -0.120. The van der Waals surface area contributed by atoms with Crippen LogP contribution in [0.2, 0.25) is 0 Å². The predicted molar refractivity (Wildman–Crippen MR) is 102 cm³/mol. The van der Waals surface area contributed by atoms with Gasteiger partial charge in [0.25, 0.3) is 0 Å². The summed E-state index contributed by atoms with van der Waals surface area (Å²) in [6, 6.07) is 10.1. The molecule has 0 spiro atoms. The maximum Gasteiger partial charge on any atom is 0.231 e. The van der Waals surface area contributed by atoms with Crippen molar-refractivity contribution in [1.82, 2.24) is 15.5 Å². The number of hydrogen-bond acceptors (Lipinski definition) is 7. The number of aryl methyl sites for hydroxylation is 1. The minimum atomic E-state index is -0.865. The first kappa shape index (κ1) is 19.2. The molecule has 0 aliphatic carbocycles. The fraction of sp³-hybridized carbons (Fsp3) is 0.412. The van der Waals surface area contributed by atoms with Crippen LogP contribution in [0.5, 0.6) is 0 Å². The average molecular weight is 376 g/mol. The van der Waals surface area contributed by atoms with E-state index in [9.17, 15) is 10.1 Å². The Morgan fingerprint density at radius 2 is 2.12 bits per heavy atom. The second-order valence-electron chi connectivity index (χ2n) is 6.12. The van der Waals surface area contributed by atoms with Crippen molar-refractivity contribution in [1.29, 1.82) is 5.26 Å². The van der Waals surface area contributed by atoms with Crippen molar-refractivity contribution >= 4 is 39.8 Å². The molecule has 0 aliphatic heterocycles. The summed E-state index contributed by atoms with van der Waals surface area (Å²) in [5.41, 5.74) is 1.24. The van der Waals surface area contributed by atoms with Crippen LogP contribution in [0.25, 0.3) is 0 Å². The molecular formula is C17H21N5OS2. The van der Waals surface area contributed by atoms with Gasteiger partial charge >= 0.3 is 0 Å². The van der Waals surface area contributed by atoms with Crippen LogP contribution in [0, 0.1) is 24.2 Å². The lowest BCUT2D eigenvalue weighted by Crippen LogP contribution is -2.49. The molecule has 132 valence electrons. The molecule has 1 aromatic carbocycles. The number of nitriles is 1. The summed E-state index contributed by atoms with van der Waals surface area (Å²) in [5, 5.41) is 24.1. The zero-order chi connectivity index (χ0) is 18.4. The third-order valence-electron chi connectivity index (χ3n) is 3.91. The highest BCUT2D eigenvalue weighted by Gasteiger charge is 2.29. The molecule has 0 fully saturated rings. The summed E-state index contributed by atoms with van der Waals surface area (Å²) in [6.45, 7) is 7.56. The van der Waals surface area contributed by atoms with Gasteiger partial charge in [-0.2, -0.15) is 5.26 Å². The van der Waals surface area contributed by atoms with E-state index in [-0.39, 0.29) is 17.6 Å². The Kier molecular flexibility index (Phi) is 6.39. The van der Waals surface area contributed by atoms with Crippen LogP contribution in [0.3, 0.4) is 0 Å².